The van der Waals surface area contributed by atoms with Gasteiger partial charge in [-0.2, -0.15) is 0 Å². The van der Waals surface area contributed by atoms with E-state index >= 15 is 0 Å². The molecule has 0 aliphatic heterocycles. The number of aromatic nitrogens is 1. The van der Waals surface area contributed by atoms with Gasteiger partial charge in [-0.15, -0.1) is 0 Å². The molecule has 0 aromatic carbocycles. The van der Waals surface area contributed by atoms with E-state index in [1.165, 1.54) is 12.7 Å². The highest BCUT2D eigenvalue weighted by Gasteiger charge is 1.98. The van der Waals surface area contributed by atoms with Crippen LogP contribution >= 0.6 is 0 Å². The molecule has 1 aromatic rings. The van der Waals surface area contributed by atoms with E-state index in [0.29, 0.717) is 5.69 Å². The van der Waals surface area contributed by atoms with Crippen molar-refractivity contribution in [2.24, 2.45) is 0 Å². The molecule has 11 heavy (non-hydrogen) atoms. The van der Waals surface area contributed by atoms with Crippen molar-refractivity contribution in [3.05, 3.63) is 18.4 Å². The first-order valence-electron chi connectivity index (χ1n) is 2.95. The largest absolute Gasteiger partial charge is 0.480 e. The van der Waals surface area contributed by atoms with Gasteiger partial charge in [-0.25, -0.2) is 9.78 Å². The van der Waals surface area contributed by atoms with Gasteiger partial charge in [0.05, 0.1) is 6.61 Å². The van der Waals surface area contributed by atoms with Gasteiger partial charge in [0, 0.05) is 0 Å². The van der Waals surface area contributed by atoms with E-state index in [-0.39, 0.29) is 13.2 Å². The van der Waals surface area contributed by atoms with Crippen LogP contribution in [0.1, 0.15) is 5.69 Å². The Balaban J connectivity index is 2.19. The quantitative estimate of drug-likeness (QED) is 0.679. The molecule has 1 aromatic heterocycles. The van der Waals surface area contributed by atoms with Crippen LogP contribution in [0.5, 0.6) is 0 Å². The summed E-state index contributed by atoms with van der Waals surface area (Å²) in [6, 6.07) is 0. The number of hydrogen-bond acceptors (Lipinski definition) is 4. The molecule has 1 heterocycles. The number of oxazole rings is 1. The molecule has 0 aliphatic rings. The maximum atomic E-state index is 9.96. The summed E-state index contributed by atoms with van der Waals surface area (Å²) in [6.07, 6.45) is 2.67. The number of nitrogens with zero attached hydrogens (tertiary/aromatic N) is 1. The third-order valence-electron chi connectivity index (χ3n) is 0.959. The molecule has 0 aliphatic carbocycles. The van der Waals surface area contributed by atoms with Gasteiger partial charge in [-0.1, -0.05) is 0 Å². The number of rotatable bonds is 4. The van der Waals surface area contributed by atoms with Gasteiger partial charge in [-0.05, 0) is 0 Å². The predicted octanol–water partition coefficient (Wildman–Crippen LogP) is 0.276. The molecule has 0 atom stereocenters. The van der Waals surface area contributed by atoms with Crippen LogP contribution in [0.4, 0.5) is 0 Å². The van der Waals surface area contributed by atoms with Crippen molar-refractivity contribution in [1.82, 2.24) is 4.98 Å². The molecule has 5 nitrogen and oxygen atoms in total. The van der Waals surface area contributed by atoms with Gasteiger partial charge < -0.3 is 14.3 Å². The topological polar surface area (TPSA) is 72.6 Å². The molecule has 0 radical (unpaired) electrons. The lowest BCUT2D eigenvalue weighted by molar-refractivity contribution is -0.142. The number of carboxylic acids is 1. The normalized spacial score (nSPS) is 9.82. The highest BCUT2D eigenvalue weighted by molar-refractivity contribution is 5.67. The molecule has 60 valence electrons. The van der Waals surface area contributed by atoms with Crippen molar-refractivity contribution >= 4 is 5.97 Å². The number of ether oxygens (including phenoxy) is 1. The van der Waals surface area contributed by atoms with Crippen molar-refractivity contribution in [3.63, 3.8) is 0 Å². The van der Waals surface area contributed by atoms with Gasteiger partial charge in [-0.3, -0.25) is 0 Å². The van der Waals surface area contributed by atoms with Crippen molar-refractivity contribution in [1.29, 1.82) is 0 Å². The number of hydrogen-bond donors (Lipinski definition) is 1. The summed E-state index contributed by atoms with van der Waals surface area (Å²) in [6.45, 7) is -0.143. The summed E-state index contributed by atoms with van der Waals surface area (Å²) >= 11 is 0. The Kier molecular flexibility index (Phi) is 2.62. The lowest BCUT2D eigenvalue weighted by Crippen LogP contribution is -2.06. The first-order chi connectivity index (χ1) is 5.29. The van der Waals surface area contributed by atoms with Gasteiger partial charge in [0.25, 0.3) is 0 Å². The molecular weight excluding hydrogens is 150 g/mol. The summed E-state index contributed by atoms with van der Waals surface area (Å²) < 4.78 is 9.35. The Morgan fingerprint density at radius 1 is 1.82 bits per heavy atom. The third-order valence-corrected chi connectivity index (χ3v) is 0.959. The summed E-state index contributed by atoms with van der Waals surface area (Å²) in [4.78, 5) is 13.7. The fourth-order valence-corrected chi connectivity index (χ4v) is 0.552. The molecule has 0 fully saturated rings. The first-order valence-corrected chi connectivity index (χ1v) is 2.95. The first kappa shape index (κ1) is 7.74. The SMILES string of the molecule is O=C(O)COCc1cocn1. The van der Waals surface area contributed by atoms with Crippen LogP contribution < -0.4 is 0 Å². The summed E-state index contributed by atoms with van der Waals surface area (Å²) in [7, 11) is 0. The van der Waals surface area contributed by atoms with Crippen LogP contribution in [0, 0.1) is 0 Å². The molecule has 0 amide bonds. The molecule has 1 rings (SSSR count). The van der Waals surface area contributed by atoms with Crippen LogP contribution in [-0.2, 0) is 16.1 Å². The van der Waals surface area contributed by atoms with E-state index in [4.69, 9.17) is 9.84 Å². The Morgan fingerprint density at radius 2 is 2.64 bits per heavy atom. The molecule has 0 saturated heterocycles. The minimum absolute atomic E-state index is 0.169. The zero-order valence-corrected chi connectivity index (χ0v) is 5.69. The Morgan fingerprint density at radius 3 is 3.18 bits per heavy atom. The van der Waals surface area contributed by atoms with Crippen molar-refractivity contribution < 1.29 is 19.1 Å². The highest BCUT2D eigenvalue weighted by Crippen LogP contribution is 1.95. The lowest BCUT2D eigenvalue weighted by atomic mass is 10.5. The van der Waals surface area contributed by atoms with Crippen LogP contribution in [0.3, 0.4) is 0 Å². The Labute approximate surface area is 62.6 Å². The smallest absolute Gasteiger partial charge is 0.329 e. The van der Waals surface area contributed by atoms with Gasteiger partial charge >= 0.3 is 5.97 Å². The standard InChI is InChI=1S/C6H7NO4/c8-6(9)3-10-1-5-2-11-4-7-5/h2,4H,1,3H2,(H,8,9). The molecular formula is C6H7NO4. The van der Waals surface area contributed by atoms with E-state index in [1.807, 2.05) is 0 Å². The zero-order valence-electron chi connectivity index (χ0n) is 5.69. The fraction of sp³-hybridized carbons (Fsp3) is 0.333. The van der Waals surface area contributed by atoms with Crippen molar-refractivity contribution in [3.8, 4) is 0 Å². The number of carboxylic acid groups (broad SMARTS) is 1. The zero-order chi connectivity index (χ0) is 8.10. The summed E-state index contributed by atoms with van der Waals surface area (Å²) in [5, 5.41) is 8.17. The average molecular weight is 157 g/mol. The monoisotopic (exact) mass is 157 g/mol. The number of aliphatic carboxylic acids is 1. The summed E-state index contributed by atoms with van der Waals surface area (Å²) in [5.41, 5.74) is 0.589. The highest BCUT2D eigenvalue weighted by atomic mass is 16.5. The molecule has 5 heteroatoms. The van der Waals surface area contributed by atoms with Gasteiger partial charge in [0.15, 0.2) is 6.39 Å². The second-order valence-electron chi connectivity index (χ2n) is 1.87. The van der Waals surface area contributed by atoms with E-state index in [2.05, 4.69) is 9.40 Å². The maximum absolute atomic E-state index is 9.96. The van der Waals surface area contributed by atoms with Crippen molar-refractivity contribution in [2.45, 2.75) is 6.61 Å². The fourth-order valence-electron chi connectivity index (χ4n) is 0.552. The lowest BCUT2D eigenvalue weighted by Gasteiger charge is -1.94. The van der Waals surface area contributed by atoms with E-state index in [1.54, 1.807) is 0 Å². The molecule has 0 spiro atoms. The van der Waals surface area contributed by atoms with Crippen LogP contribution in [-0.4, -0.2) is 22.7 Å². The van der Waals surface area contributed by atoms with E-state index in [0.717, 1.165) is 0 Å². The minimum atomic E-state index is -0.992. The molecule has 1 N–H and O–H groups in total. The van der Waals surface area contributed by atoms with E-state index in [9.17, 15) is 4.79 Å². The molecule has 0 unspecified atom stereocenters. The van der Waals surface area contributed by atoms with Gasteiger partial charge in [0.1, 0.15) is 18.6 Å². The molecule has 0 saturated carbocycles. The van der Waals surface area contributed by atoms with E-state index < -0.39 is 5.97 Å². The second-order valence-corrected chi connectivity index (χ2v) is 1.87. The summed E-state index contributed by atoms with van der Waals surface area (Å²) in [5.74, 6) is -0.992. The third kappa shape index (κ3) is 2.81. The predicted molar refractivity (Wildman–Crippen MR) is 33.8 cm³/mol. The maximum Gasteiger partial charge on any atom is 0.329 e. The van der Waals surface area contributed by atoms with Crippen LogP contribution in [0.2, 0.25) is 0 Å². The van der Waals surface area contributed by atoms with Gasteiger partial charge in [0.2, 0.25) is 0 Å². The van der Waals surface area contributed by atoms with Crippen molar-refractivity contribution in [2.75, 3.05) is 6.61 Å². The average Bonchev–Trinajstić information content (AvgIpc) is 2.39. The molecule has 0 bridgehead atoms. The second kappa shape index (κ2) is 3.72. The Hall–Kier alpha value is -1.36. The van der Waals surface area contributed by atoms with Crippen LogP contribution in [0.25, 0.3) is 0 Å². The Bertz CT molecular complexity index is 218. The minimum Gasteiger partial charge on any atom is -0.480 e. The van der Waals surface area contributed by atoms with Crippen LogP contribution in [0.15, 0.2) is 17.1 Å². The number of carbonyl (C=O) groups is 1.